The van der Waals surface area contributed by atoms with E-state index in [9.17, 15) is 4.79 Å². The SMILES string of the molecule is NC(=O)C1CCC(CNc2cncc(Cl)n2)O1. The van der Waals surface area contributed by atoms with Crippen LogP contribution in [-0.4, -0.2) is 34.6 Å². The maximum Gasteiger partial charge on any atom is 0.246 e. The number of hydrogen-bond donors (Lipinski definition) is 2. The summed E-state index contributed by atoms with van der Waals surface area (Å²) in [6.07, 6.45) is 4.01. The zero-order valence-corrected chi connectivity index (χ0v) is 9.85. The van der Waals surface area contributed by atoms with Gasteiger partial charge in [0, 0.05) is 6.54 Å². The molecule has 1 aliphatic heterocycles. The van der Waals surface area contributed by atoms with Crippen LogP contribution in [0.15, 0.2) is 12.4 Å². The van der Waals surface area contributed by atoms with E-state index in [-0.39, 0.29) is 6.10 Å². The summed E-state index contributed by atoms with van der Waals surface area (Å²) >= 11 is 5.70. The van der Waals surface area contributed by atoms with Crippen molar-refractivity contribution in [3.63, 3.8) is 0 Å². The molecule has 1 amide bonds. The number of aromatic nitrogens is 2. The molecule has 92 valence electrons. The summed E-state index contributed by atoms with van der Waals surface area (Å²) in [5.74, 6) is 0.179. The van der Waals surface area contributed by atoms with Gasteiger partial charge in [-0.3, -0.25) is 9.78 Å². The van der Waals surface area contributed by atoms with Crippen LogP contribution in [-0.2, 0) is 9.53 Å². The first kappa shape index (κ1) is 12.1. The van der Waals surface area contributed by atoms with Crippen molar-refractivity contribution in [2.45, 2.75) is 25.0 Å². The molecule has 1 fully saturated rings. The lowest BCUT2D eigenvalue weighted by Crippen LogP contribution is -2.30. The van der Waals surface area contributed by atoms with Gasteiger partial charge in [0.25, 0.3) is 0 Å². The van der Waals surface area contributed by atoms with Gasteiger partial charge in [-0.05, 0) is 12.8 Å². The molecule has 6 nitrogen and oxygen atoms in total. The fourth-order valence-electron chi connectivity index (χ4n) is 1.71. The molecule has 0 aliphatic carbocycles. The number of halogens is 1. The van der Waals surface area contributed by atoms with E-state index in [4.69, 9.17) is 22.1 Å². The number of rotatable bonds is 4. The third-order valence-corrected chi connectivity index (χ3v) is 2.72. The van der Waals surface area contributed by atoms with Crippen LogP contribution in [0.3, 0.4) is 0 Å². The molecule has 0 aromatic carbocycles. The van der Waals surface area contributed by atoms with Crippen LogP contribution in [0, 0.1) is 0 Å². The Hall–Kier alpha value is -1.40. The van der Waals surface area contributed by atoms with Gasteiger partial charge < -0.3 is 15.8 Å². The summed E-state index contributed by atoms with van der Waals surface area (Å²) < 4.78 is 5.46. The topological polar surface area (TPSA) is 90.1 Å². The molecule has 1 aromatic heterocycles. The van der Waals surface area contributed by atoms with E-state index in [0.29, 0.717) is 23.9 Å². The summed E-state index contributed by atoms with van der Waals surface area (Å²) in [4.78, 5) is 18.8. The number of ether oxygens (including phenoxy) is 1. The van der Waals surface area contributed by atoms with Crippen LogP contribution in [0.5, 0.6) is 0 Å². The number of carbonyl (C=O) groups is 1. The van der Waals surface area contributed by atoms with Crippen molar-refractivity contribution in [2.24, 2.45) is 5.73 Å². The molecule has 2 rings (SSSR count). The van der Waals surface area contributed by atoms with Gasteiger partial charge in [0.05, 0.1) is 18.5 Å². The van der Waals surface area contributed by atoms with E-state index >= 15 is 0 Å². The highest BCUT2D eigenvalue weighted by Crippen LogP contribution is 2.19. The lowest BCUT2D eigenvalue weighted by molar-refractivity contribution is -0.128. The number of primary amides is 1. The Morgan fingerprint density at radius 1 is 1.59 bits per heavy atom. The quantitative estimate of drug-likeness (QED) is 0.822. The highest BCUT2D eigenvalue weighted by atomic mass is 35.5. The lowest BCUT2D eigenvalue weighted by Gasteiger charge is -2.12. The van der Waals surface area contributed by atoms with Gasteiger partial charge in [0.1, 0.15) is 17.1 Å². The van der Waals surface area contributed by atoms with Crippen molar-refractivity contribution in [3.05, 3.63) is 17.5 Å². The summed E-state index contributed by atoms with van der Waals surface area (Å²) in [7, 11) is 0. The molecule has 2 unspecified atom stereocenters. The van der Waals surface area contributed by atoms with Crippen molar-refractivity contribution < 1.29 is 9.53 Å². The maximum atomic E-state index is 10.9. The van der Waals surface area contributed by atoms with Crippen LogP contribution in [0.4, 0.5) is 5.82 Å². The number of carbonyl (C=O) groups excluding carboxylic acids is 1. The van der Waals surface area contributed by atoms with E-state index in [0.717, 1.165) is 6.42 Å². The smallest absolute Gasteiger partial charge is 0.246 e. The van der Waals surface area contributed by atoms with Crippen molar-refractivity contribution in [2.75, 3.05) is 11.9 Å². The van der Waals surface area contributed by atoms with E-state index < -0.39 is 12.0 Å². The second-order valence-corrected chi connectivity index (χ2v) is 4.22. The normalized spacial score (nSPS) is 23.6. The van der Waals surface area contributed by atoms with Crippen LogP contribution < -0.4 is 11.1 Å². The third-order valence-electron chi connectivity index (χ3n) is 2.54. The van der Waals surface area contributed by atoms with Gasteiger partial charge in [-0.2, -0.15) is 0 Å². The van der Waals surface area contributed by atoms with Gasteiger partial charge in [-0.25, -0.2) is 4.98 Å². The molecule has 0 saturated carbocycles. The molecule has 17 heavy (non-hydrogen) atoms. The van der Waals surface area contributed by atoms with Crippen molar-refractivity contribution >= 4 is 23.3 Å². The first-order chi connectivity index (χ1) is 8.15. The average molecular weight is 257 g/mol. The van der Waals surface area contributed by atoms with Crippen molar-refractivity contribution in [1.82, 2.24) is 9.97 Å². The van der Waals surface area contributed by atoms with Gasteiger partial charge in [-0.1, -0.05) is 11.6 Å². The Kier molecular flexibility index (Phi) is 3.75. The number of nitrogens with zero attached hydrogens (tertiary/aromatic N) is 2. The van der Waals surface area contributed by atoms with Crippen LogP contribution in [0.1, 0.15) is 12.8 Å². The third kappa shape index (κ3) is 3.28. The number of nitrogens with one attached hydrogen (secondary N) is 1. The summed E-state index contributed by atoms with van der Waals surface area (Å²) in [5, 5.41) is 3.38. The molecule has 0 radical (unpaired) electrons. The molecule has 7 heteroatoms. The molecule has 1 aliphatic rings. The number of amides is 1. The Balaban J connectivity index is 1.82. The highest BCUT2D eigenvalue weighted by molar-refractivity contribution is 6.29. The van der Waals surface area contributed by atoms with Crippen molar-refractivity contribution in [1.29, 1.82) is 0 Å². The molecule has 1 saturated heterocycles. The molecule has 2 atom stereocenters. The predicted molar refractivity (Wildman–Crippen MR) is 62.6 cm³/mol. The fraction of sp³-hybridized carbons (Fsp3) is 0.500. The van der Waals surface area contributed by atoms with E-state index in [2.05, 4.69) is 15.3 Å². The predicted octanol–water partition coefficient (Wildman–Crippen LogP) is 0.575. The summed E-state index contributed by atoms with van der Waals surface area (Å²) in [5.41, 5.74) is 5.16. The fourth-order valence-corrected chi connectivity index (χ4v) is 1.86. The first-order valence-corrected chi connectivity index (χ1v) is 5.69. The number of nitrogens with two attached hydrogens (primary N) is 1. The summed E-state index contributed by atoms with van der Waals surface area (Å²) in [6, 6.07) is 0. The number of hydrogen-bond acceptors (Lipinski definition) is 5. The lowest BCUT2D eigenvalue weighted by atomic mass is 10.2. The molecule has 0 spiro atoms. The Morgan fingerprint density at radius 3 is 3.06 bits per heavy atom. The molecule has 1 aromatic rings. The van der Waals surface area contributed by atoms with Gasteiger partial charge in [0.15, 0.2) is 0 Å². The van der Waals surface area contributed by atoms with Crippen LogP contribution in [0.2, 0.25) is 5.15 Å². The molecule has 2 heterocycles. The monoisotopic (exact) mass is 256 g/mol. The standard InChI is InChI=1S/C10H13ClN4O2/c11-8-4-13-5-9(15-8)14-3-6-1-2-7(17-6)10(12)16/h4-7H,1-3H2,(H2,12,16)(H,14,15). The maximum absolute atomic E-state index is 10.9. The minimum Gasteiger partial charge on any atom is -0.367 e. The molecular formula is C10H13ClN4O2. The Labute approximate surface area is 104 Å². The van der Waals surface area contributed by atoms with Crippen molar-refractivity contribution in [3.8, 4) is 0 Å². The Bertz CT molecular complexity index is 415. The largest absolute Gasteiger partial charge is 0.367 e. The highest BCUT2D eigenvalue weighted by Gasteiger charge is 2.28. The van der Waals surface area contributed by atoms with E-state index in [1.54, 1.807) is 6.20 Å². The molecule has 3 N–H and O–H groups in total. The van der Waals surface area contributed by atoms with Gasteiger partial charge >= 0.3 is 0 Å². The zero-order chi connectivity index (χ0) is 12.3. The van der Waals surface area contributed by atoms with Crippen LogP contribution >= 0.6 is 11.6 Å². The van der Waals surface area contributed by atoms with Gasteiger partial charge in [-0.15, -0.1) is 0 Å². The van der Waals surface area contributed by atoms with Gasteiger partial charge in [0.2, 0.25) is 5.91 Å². The second-order valence-electron chi connectivity index (χ2n) is 3.83. The van der Waals surface area contributed by atoms with E-state index in [1.807, 2.05) is 0 Å². The molecular weight excluding hydrogens is 244 g/mol. The Morgan fingerprint density at radius 2 is 2.41 bits per heavy atom. The average Bonchev–Trinajstić information content (AvgIpc) is 2.75. The number of anilines is 1. The first-order valence-electron chi connectivity index (χ1n) is 5.31. The van der Waals surface area contributed by atoms with E-state index in [1.165, 1.54) is 6.20 Å². The van der Waals surface area contributed by atoms with Crippen LogP contribution in [0.25, 0.3) is 0 Å². The summed E-state index contributed by atoms with van der Waals surface area (Å²) in [6.45, 7) is 0.554. The minimum absolute atomic E-state index is 0.0340. The minimum atomic E-state index is -0.466. The molecule has 0 bridgehead atoms. The zero-order valence-electron chi connectivity index (χ0n) is 9.10. The second kappa shape index (κ2) is 5.29.